The molecule has 2 aliphatic heterocycles. The molecule has 2 heterocycles. The van der Waals surface area contributed by atoms with Crippen LogP contribution in [0.25, 0.3) is 0 Å². The number of carbonyl (C=O) groups excluding carboxylic acids is 2. The normalized spacial score (nSPS) is 31.9. The fourth-order valence-electron chi connectivity index (χ4n) is 2.25. The van der Waals surface area contributed by atoms with Gasteiger partial charge >= 0.3 is 6.03 Å². The second kappa shape index (κ2) is 3.81. The number of hydrogen-bond donors (Lipinski definition) is 2. The van der Waals surface area contributed by atoms with Gasteiger partial charge in [-0.15, -0.1) is 0 Å². The zero-order valence-electron chi connectivity index (χ0n) is 9.01. The second-order valence-electron chi connectivity index (χ2n) is 4.73. The molecule has 0 bridgehead atoms. The first-order valence-corrected chi connectivity index (χ1v) is 5.40. The standard InChI is InChI=1S/C10H17N3O2/c1-10(3-2-4-11-6-10)7-13-8(14)5-12-9(13)15/h11H,2-7H2,1H3,(H,12,15). The lowest BCUT2D eigenvalue weighted by molar-refractivity contribution is -0.126. The second-order valence-corrected chi connectivity index (χ2v) is 4.73. The van der Waals surface area contributed by atoms with Crippen molar-refractivity contribution in [3.8, 4) is 0 Å². The zero-order chi connectivity index (χ0) is 10.9. The Morgan fingerprint density at radius 1 is 1.47 bits per heavy atom. The van der Waals surface area contributed by atoms with Crippen molar-refractivity contribution in [2.45, 2.75) is 19.8 Å². The summed E-state index contributed by atoms with van der Waals surface area (Å²) in [7, 11) is 0. The molecule has 0 radical (unpaired) electrons. The van der Waals surface area contributed by atoms with E-state index in [0.717, 1.165) is 25.9 Å². The molecule has 2 N–H and O–H groups in total. The van der Waals surface area contributed by atoms with Gasteiger partial charge in [-0.25, -0.2) is 4.79 Å². The van der Waals surface area contributed by atoms with Crippen LogP contribution in [-0.2, 0) is 4.79 Å². The number of carbonyl (C=O) groups is 2. The van der Waals surface area contributed by atoms with Crippen molar-refractivity contribution in [1.82, 2.24) is 15.5 Å². The molecule has 0 saturated carbocycles. The van der Waals surface area contributed by atoms with Gasteiger partial charge in [0.1, 0.15) is 0 Å². The summed E-state index contributed by atoms with van der Waals surface area (Å²) in [5.74, 6) is -0.105. The Morgan fingerprint density at radius 3 is 2.80 bits per heavy atom. The summed E-state index contributed by atoms with van der Waals surface area (Å²) >= 11 is 0. The highest BCUT2D eigenvalue weighted by atomic mass is 16.2. The number of urea groups is 1. The lowest BCUT2D eigenvalue weighted by Gasteiger charge is -2.36. The summed E-state index contributed by atoms with van der Waals surface area (Å²) in [4.78, 5) is 24.1. The maximum absolute atomic E-state index is 11.4. The minimum atomic E-state index is -0.244. The van der Waals surface area contributed by atoms with E-state index >= 15 is 0 Å². The number of nitrogens with one attached hydrogen (secondary N) is 2. The largest absolute Gasteiger partial charge is 0.329 e. The molecule has 0 aromatic rings. The summed E-state index contributed by atoms with van der Waals surface area (Å²) < 4.78 is 0. The van der Waals surface area contributed by atoms with Gasteiger partial charge < -0.3 is 10.6 Å². The van der Waals surface area contributed by atoms with Gasteiger partial charge in [0.15, 0.2) is 0 Å². The first kappa shape index (κ1) is 10.4. The molecule has 2 fully saturated rings. The van der Waals surface area contributed by atoms with E-state index in [0.29, 0.717) is 6.54 Å². The van der Waals surface area contributed by atoms with Crippen molar-refractivity contribution in [2.24, 2.45) is 5.41 Å². The average molecular weight is 211 g/mol. The Labute approximate surface area is 89.2 Å². The van der Waals surface area contributed by atoms with Gasteiger partial charge in [-0.05, 0) is 24.8 Å². The van der Waals surface area contributed by atoms with Crippen molar-refractivity contribution >= 4 is 11.9 Å². The molecule has 2 rings (SSSR count). The van der Waals surface area contributed by atoms with E-state index in [4.69, 9.17) is 0 Å². The molecule has 15 heavy (non-hydrogen) atoms. The SMILES string of the molecule is CC1(CN2C(=O)CNC2=O)CCCNC1. The van der Waals surface area contributed by atoms with E-state index in [1.54, 1.807) is 0 Å². The van der Waals surface area contributed by atoms with Crippen LogP contribution >= 0.6 is 0 Å². The molecule has 0 aromatic heterocycles. The molecule has 3 amide bonds. The molecule has 2 saturated heterocycles. The highest BCUT2D eigenvalue weighted by Crippen LogP contribution is 2.27. The molecule has 2 aliphatic rings. The molecule has 5 nitrogen and oxygen atoms in total. The molecule has 84 valence electrons. The topological polar surface area (TPSA) is 61.4 Å². The lowest BCUT2D eigenvalue weighted by Crippen LogP contribution is -2.47. The predicted molar refractivity (Wildman–Crippen MR) is 55.3 cm³/mol. The van der Waals surface area contributed by atoms with E-state index in [1.807, 2.05) is 0 Å². The Morgan fingerprint density at radius 2 is 2.27 bits per heavy atom. The Kier molecular flexibility index (Phi) is 2.65. The number of hydrogen-bond acceptors (Lipinski definition) is 3. The first-order valence-electron chi connectivity index (χ1n) is 5.40. The monoisotopic (exact) mass is 211 g/mol. The van der Waals surface area contributed by atoms with Gasteiger partial charge in [0.05, 0.1) is 6.54 Å². The third-order valence-electron chi connectivity index (χ3n) is 3.16. The van der Waals surface area contributed by atoms with Gasteiger partial charge in [0, 0.05) is 13.1 Å². The van der Waals surface area contributed by atoms with Crippen molar-refractivity contribution < 1.29 is 9.59 Å². The Balaban J connectivity index is 2.00. The van der Waals surface area contributed by atoms with Gasteiger partial charge in [0.25, 0.3) is 0 Å². The number of amides is 3. The van der Waals surface area contributed by atoms with E-state index in [-0.39, 0.29) is 23.9 Å². The zero-order valence-corrected chi connectivity index (χ0v) is 9.01. The molecule has 0 aromatic carbocycles. The van der Waals surface area contributed by atoms with Gasteiger partial charge in [-0.1, -0.05) is 6.92 Å². The minimum absolute atomic E-state index is 0.0373. The first-order chi connectivity index (χ1) is 7.11. The van der Waals surface area contributed by atoms with Crippen LogP contribution in [-0.4, -0.2) is 43.0 Å². The number of piperidine rings is 1. The maximum Gasteiger partial charge on any atom is 0.324 e. The molecule has 0 aliphatic carbocycles. The summed E-state index contributed by atoms with van der Waals surface area (Å²) in [5, 5.41) is 5.85. The van der Waals surface area contributed by atoms with Crippen molar-refractivity contribution in [1.29, 1.82) is 0 Å². The lowest BCUT2D eigenvalue weighted by atomic mass is 9.82. The van der Waals surface area contributed by atoms with Crippen LogP contribution in [0.5, 0.6) is 0 Å². The van der Waals surface area contributed by atoms with Gasteiger partial charge in [-0.3, -0.25) is 9.69 Å². The number of nitrogens with zero attached hydrogens (tertiary/aromatic N) is 1. The van der Waals surface area contributed by atoms with E-state index in [9.17, 15) is 9.59 Å². The van der Waals surface area contributed by atoms with Crippen molar-refractivity contribution in [3.63, 3.8) is 0 Å². The van der Waals surface area contributed by atoms with Crippen LogP contribution in [0.4, 0.5) is 4.79 Å². The third kappa shape index (κ3) is 2.12. The van der Waals surface area contributed by atoms with Crippen molar-refractivity contribution in [3.05, 3.63) is 0 Å². The van der Waals surface area contributed by atoms with Gasteiger partial charge in [-0.2, -0.15) is 0 Å². The average Bonchev–Trinajstić information content (AvgIpc) is 2.50. The summed E-state index contributed by atoms with van der Waals surface area (Å²) in [5.41, 5.74) is 0.0373. The minimum Gasteiger partial charge on any atom is -0.329 e. The van der Waals surface area contributed by atoms with E-state index in [2.05, 4.69) is 17.6 Å². The van der Waals surface area contributed by atoms with Crippen LogP contribution in [0, 0.1) is 5.41 Å². The predicted octanol–water partition coefficient (Wildman–Crippen LogP) is -0.0721. The fraction of sp³-hybridized carbons (Fsp3) is 0.800. The van der Waals surface area contributed by atoms with Crippen LogP contribution in [0.1, 0.15) is 19.8 Å². The molecule has 5 heteroatoms. The van der Waals surface area contributed by atoms with Gasteiger partial charge in [0.2, 0.25) is 5.91 Å². The van der Waals surface area contributed by atoms with Crippen LogP contribution in [0.15, 0.2) is 0 Å². The quantitative estimate of drug-likeness (QED) is 0.628. The number of imide groups is 1. The molecule has 0 spiro atoms. The maximum atomic E-state index is 11.4. The molecular formula is C10H17N3O2. The summed E-state index contributed by atoms with van der Waals surface area (Å²) in [6.07, 6.45) is 2.18. The van der Waals surface area contributed by atoms with Crippen molar-refractivity contribution in [2.75, 3.05) is 26.2 Å². The molecular weight excluding hydrogens is 194 g/mol. The molecule has 1 unspecified atom stereocenters. The highest BCUT2D eigenvalue weighted by Gasteiger charge is 2.36. The smallest absolute Gasteiger partial charge is 0.324 e. The Bertz CT molecular complexity index is 268. The Hall–Kier alpha value is -1.10. The van der Waals surface area contributed by atoms with Crippen LogP contribution in [0.3, 0.4) is 0 Å². The van der Waals surface area contributed by atoms with Crippen LogP contribution < -0.4 is 10.6 Å². The summed E-state index contributed by atoms with van der Waals surface area (Å²) in [6, 6.07) is -0.244. The third-order valence-corrected chi connectivity index (χ3v) is 3.16. The molecule has 1 atom stereocenters. The number of rotatable bonds is 2. The van der Waals surface area contributed by atoms with Crippen LogP contribution in [0.2, 0.25) is 0 Å². The fourth-order valence-corrected chi connectivity index (χ4v) is 2.25. The van der Waals surface area contributed by atoms with E-state index < -0.39 is 0 Å². The summed E-state index contributed by atoms with van der Waals surface area (Å²) in [6.45, 7) is 4.73. The highest BCUT2D eigenvalue weighted by molar-refractivity contribution is 6.01. The van der Waals surface area contributed by atoms with E-state index in [1.165, 1.54) is 4.90 Å².